The highest BCUT2D eigenvalue weighted by Crippen LogP contribution is 2.31. The van der Waals surface area contributed by atoms with Gasteiger partial charge in [0.15, 0.2) is 0 Å². The lowest BCUT2D eigenvalue weighted by molar-refractivity contribution is 0.819. The van der Waals surface area contributed by atoms with Crippen molar-refractivity contribution in [3.63, 3.8) is 0 Å². The molecule has 224 valence electrons. The molecule has 0 saturated carbocycles. The summed E-state index contributed by atoms with van der Waals surface area (Å²) >= 11 is 0. The molecule has 6 aromatic heterocycles. The largest absolute Gasteiger partial charge is 0.348 e. The molecule has 46 heavy (non-hydrogen) atoms. The predicted molar refractivity (Wildman–Crippen MR) is 178 cm³/mol. The van der Waals surface area contributed by atoms with Crippen LogP contribution in [0.3, 0.4) is 0 Å². The normalized spacial score (nSPS) is 15.3. The van der Waals surface area contributed by atoms with Crippen LogP contribution in [0.15, 0.2) is 140 Å². The Morgan fingerprint density at radius 2 is 0.587 bits per heavy atom. The minimum atomic E-state index is 0.295. The highest BCUT2D eigenvalue weighted by molar-refractivity contribution is 6.34. The van der Waals surface area contributed by atoms with Gasteiger partial charge in [-0.15, -0.1) is 0 Å². The highest BCUT2D eigenvalue weighted by Gasteiger charge is 2.39. The van der Waals surface area contributed by atoms with E-state index in [4.69, 9.17) is 30.0 Å². The van der Waals surface area contributed by atoms with Gasteiger partial charge in [0.25, 0.3) is 0 Å². The molecular weight excluding hydrogens is 584 g/mol. The average Bonchev–Trinajstić information content (AvgIpc) is 3.90. The van der Waals surface area contributed by atoms with Crippen LogP contribution < -0.4 is 14.7 Å². The monoisotopic (exact) mass is 608 g/mol. The number of nitrogens with zero attached hydrogens (tertiary/aromatic N) is 10. The minimum Gasteiger partial charge on any atom is -0.348 e. The molecule has 3 aliphatic heterocycles. The van der Waals surface area contributed by atoms with Crippen molar-refractivity contribution in [1.82, 2.24) is 34.8 Å². The van der Waals surface area contributed by atoms with Gasteiger partial charge in [0.2, 0.25) is 35.8 Å². The lowest BCUT2D eigenvalue weighted by atomic mass is 10.4. The maximum absolute atomic E-state index is 4.95. The van der Waals surface area contributed by atoms with Crippen molar-refractivity contribution in [1.29, 1.82) is 0 Å². The van der Waals surface area contributed by atoms with Crippen LogP contribution in [0.2, 0.25) is 0 Å². The van der Waals surface area contributed by atoms with Crippen LogP contribution in [-0.2, 0) is 0 Å². The van der Waals surface area contributed by atoms with Crippen LogP contribution in [-0.4, -0.2) is 70.6 Å². The van der Waals surface area contributed by atoms with Gasteiger partial charge in [0.1, 0.15) is 34.9 Å². The number of nitrogens with one attached hydrogen (secondary N) is 6. The number of H-pyrrole nitrogens is 6. The first-order valence-electron chi connectivity index (χ1n) is 14.3. The first-order valence-corrected chi connectivity index (χ1v) is 14.3. The number of aromatic nitrogens is 6. The Bertz CT molecular complexity index is 1790. The standard InChI is InChI=1S/C30H24N16/c1-7-19(31-13-1)43(20-8-2-14-32-20)25-37-28-39-26(44(21-9-3-15-33-21)22-10-4-16-34-22)41-30-42-27(40-29(38-25)46(28)30)45(23-11-5-17-35-23)24-12-6-18-36-24/h1-18,31-36H. The molecule has 9 rings (SSSR count). The smallest absolute Gasteiger partial charge is 0.246 e. The zero-order valence-corrected chi connectivity index (χ0v) is 23.9. The first kappa shape index (κ1) is 25.4. The third-order valence-corrected chi connectivity index (χ3v) is 7.33. The molecule has 0 amide bonds. The maximum Gasteiger partial charge on any atom is 0.246 e. The van der Waals surface area contributed by atoms with Crippen molar-refractivity contribution in [3.8, 4) is 0 Å². The zero-order chi connectivity index (χ0) is 30.5. The van der Waals surface area contributed by atoms with Gasteiger partial charge in [-0.05, 0) is 72.8 Å². The molecule has 0 bridgehead atoms. The number of aliphatic imine (C=N–C) groups is 6. The van der Waals surface area contributed by atoms with E-state index in [2.05, 4.69) is 29.9 Å². The molecule has 9 heterocycles. The SMILES string of the molecule is c1c[nH]c(N(C2=NC3=NC(N(c4ccc[nH]4)c4ccc[nH]4)=NC4=NC(N(c5ccc[nH]5)c5ccc[nH]5)=NC(=N2)N34)c2ccc[nH]2)c1. The van der Waals surface area contributed by atoms with E-state index in [1.807, 2.05) is 125 Å². The highest BCUT2D eigenvalue weighted by atomic mass is 15.6. The number of rotatable bonds is 6. The summed E-state index contributed by atoms with van der Waals surface area (Å²) in [6.07, 6.45) is 11.0. The molecule has 0 radical (unpaired) electrons. The summed E-state index contributed by atoms with van der Waals surface area (Å²) < 4.78 is 0. The van der Waals surface area contributed by atoms with Crippen molar-refractivity contribution in [2.75, 3.05) is 14.7 Å². The van der Waals surface area contributed by atoms with E-state index in [1.54, 1.807) is 4.90 Å². The molecule has 16 nitrogen and oxygen atoms in total. The summed E-state index contributed by atoms with van der Waals surface area (Å²) in [4.78, 5) is 56.5. The van der Waals surface area contributed by atoms with E-state index in [-0.39, 0.29) is 0 Å². The molecule has 0 atom stereocenters. The van der Waals surface area contributed by atoms with E-state index >= 15 is 0 Å². The van der Waals surface area contributed by atoms with Gasteiger partial charge in [-0.25, -0.2) is 19.6 Å². The molecule has 6 aromatic rings. The van der Waals surface area contributed by atoms with Crippen molar-refractivity contribution in [2.45, 2.75) is 0 Å². The summed E-state index contributed by atoms with van der Waals surface area (Å²) in [5.41, 5.74) is 0. The third-order valence-electron chi connectivity index (χ3n) is 7.33. The maximum atomic E-state index is 4.95. The lowest BCUT2D eigenvalue weighted by Gasteiger charge is -2.34. The van der Waals surface area contributed by atoms with Gasteiger partial charge >= 0.3 is 0 Å². The topological polar surface area (TPSA) is 182 Å². The van der Waals surface area contributed by atoms with E-state index in [0.717, 1.165) is 34.9 Å². The van der Waals surface area contributed by atoms with Gasteiger partial charge in [-0.2, -0.15) is 30.0 Å². The lowest BCUT2D eigenvalue weighted by Crippen LogP contribution is -2.51. The van der Waals surface area contributed by atoms with E-state index in [1.165, 1.54) is 0 Å². The molecular formula is C30H24N16. The van der Waals surface area contributed by atoms with Gasteiger partial charge in [-0.3, -0.25) is 0 Å². The van der Waals surface area contributed by atoms with Crippen molar-refractivity contribution < 1.29 is 0 Å². The fraction of sp³-hybridized carbons (Fsp3) is 0. The Labute approximate surface area is 260 Å². The van der Waals surface area contributed by atoms with E-state index in [0.29, 0.717) is 35.8 Å². The van der Waals surface area contributed by atoms with E-state index in [9.17, 15) is 0 Å². The van der Waals surface area contributed by atoms with Crippen LogP contribution >= 0.6 is 0 Å². The molecule has 0 spiro atoms. The summed E-state index contributed by atoms with van der Waals surface area (Å²) in [7, 11) is 0. The van der Waals surface area contributed by atoms with Gasteiger partial charge in [0.05, 0.1) is 0 Å². The number of hydrogen-bond donors (Lipinski definition) is 6. The number of guanidine groups is 6. The molecule has 3 aliphatic rings. The van der Waals surface area contributed by atoms with Crippen molar-refractivity contribution in [2.24, 2.45) is 30.0 Å². The van der Waals surface area contributed by atoms with E-state index < -0.39 is 0 Å². The molecule has 0 fully saturated rings. The van der Waals surface area contributed by atoms with Crippen LogP contribution in [0.4, 0.5) is 34.9 Å². The third kappa shape index (κ3) is 4.16. The van der Waals surface area contributed by atoms with Gasteiger partial charge < -0.3 is 29.9 Å². The second-order valence-electron chi connectivity index (χ2n) is 10.1. The van der Waals surface area contributed by atoms with Crippen LogP contribution in [0, 0.1) is 0 Å². The Kier molecular flexibility index (Phi) is 5.67. The molecule has 0 aromatic carbocycles. The number of anilines is 6. The van der Waals surface area contributed by atoms with Crippen molar-refractivity contribution in [3.05, 3.63) is 110 Å². The molecule has 0 unspecified atom stereocenters. The van der Waals surface area contributed by atoms with Crippen LogP contribution in [0.1, 0.15) is 0 Å². The fourth-order valence-electron chi connectivity index (χ4n) is 5.35. The quantitative estimate of drug-likeness (QED) is 0.157. The van der Waals surface area contributed by atoms with Crippen LogP contribution in [0.25, 0.3) is 0 Å². The van der Waals surface area contributed by atoms with Gasteiger partial charge in [0, 0.05) is 37.2 Å². The summed E-state index contributed by atoms with van der Waals surface area (Å²) in [6, 6.07) is 23.1. The Morgan fingerprint density at radius 1 is 0.348 bits per heavy atom. The second kappa shape index (κ2) is 10.3. The average molecular weight is 609 g/mol. The summed E-state index contributed by atoms with van der Waals surface area (Å²) in [5.74, 6) is 6.36. The molecule has 0 saturated heterocycles. The van der Waals surface area contributed by atoms with Gasteiger partial charge in [-0.1, -0.05) is 0 Å². The molecule has 6 N–H and O–H groups in total. The Balaban J connectivity index is 1.26. The molecule has 0 aliphatic carbocycles. The minimum absolute atomic E-state index is 0.295. The Hall–Kier alpha value is -7.10. The zero-order valence-electron chi connectivity index (χ0n) is 23.9. The first-order chi connectivity index (χ1) is 22.8. The number of hydrogen-bond acceptors (Lipinski definition) is 10. The summed E-state index contributed by atoms with van der Waals surface area (Å²) in [6.45, 7) is 0. The summed E-state index contributed by atoms with van der Waals surface area (Å²) in [5, 5.41) is 0. The fourth-order valence-corrected chi connectivity index (χ4v) is 5.35. The number of aromatic amines is 6. The predicted octanol–water partition coefficient (Wildman–Crippen LogP) is 4.95. The second-order valence-corrected chi connectivity index (χ2v) is 10.1. The van der Waals surface area contributed by atoms with Crippen LogP contribution in [0.5, 0.6) is 0 Å². The van der Waals surface area contributed by atoms with Crippen molar-refractivity contribution >= 4 is 70.7 Å². The molecule has 16 heteroatoms. The Morgan fingerprint density at radius 3 is 0.783 bits per heavy atom.